The van der Waals surface area contributed by atoms with Gasteiger partial charge in [-0.15, -0.1) is 0 Å². The molecule has 2 atom stereocenters. The van der Waals surface area contributed by atoms with Crippen LogP contribution in [0.25, 0.3) is 11.4 Å². The maximum absolute atomic E-state index is 4.72. The van der Waals surface area contributed by atoms with Crippen LogP contribution in [0.15, 0.2) is 62.9 Å². The summed E-state index contributed by atoms with van der Waals surface area (Å²) in [6.45, 7) is 4.59. The molecule has 0 N–H and O–H groups in total. The van der Waals surface area contributed by atoms with Gasteiger partial charge in [0, 0.05) is 0 Å². The Morgan fingerprint density at radius 1 is 1.12 bits per heavy atom. The fourth-order valence-corrected chi connectivity index (χ4v) is 12.6. The topological polar surface area (TPSA) is 12.9 Å². The summed E-state index contributed by atoms with van der Waals surface area (Å²) in [7, 11) is -0.418. The molecule has 2 unspecified atom stereocenters. The summed E-state index contributed by atoms with van der Waals surface area (Å²) in [4.78, 5) is 0. The molecule has 2 aliphatic carbocycles. The summed E-state index contributed by atoms with van der Waals surface area (Å²) in [5.41, 5.74) is 6.10. The van der Waals surface area contributed by atoms with E-state index in [9.17, 15) is 0 Å². The van der Waals surface area contributed by atoms with Crippen LogP contribution in [0.1, 0.15) is 35.1 Å². The van der Waals surface area contributed by atoms with Crippen LogP contribution < -0.4 is 24.8 Å². The molecule has 0 bridgehead atoms. The first-order valence-corrected chi connectivity index (χ1v) is 12.9. The van der Waals surface area contributed by atoms with E-state index in [1.807, 2.05) is 6.20 Å². The maximum Gasteiger partial charge on any atom is -1.00 e. The van der Waals surface area contributed by atoms with Crippen LogP contribution in [0.2, 0.25) is 0 Å². The fraction of sp³-hybridized carbons (Fsp3) is 0.211. The zero-order valence-electron chi connectivity index (χ0n) is 13.6. The Balaban J connectivity index is 0.00000104. The van der Waals surface area contributed by atoms with Gasteiger partial charge in [-0.05, 0) is 0 Å². The van der Waals surface area contributed by atoms with E-state index >= 15 is 0 Å². The number of fused-ring (bicyclic) bond motifs is 1. The van der Waals surface area contributed by atoms with Crippen molar-refractivity contribution in [2.75, 3.05) is 0 Å². The van der Waals surface area contributed by atoms with E-state index < -0.39 is 30.6 Å². The minimum atomic E-state index is -0.929. The van der Waals surface area contributed by atoms with Crippen molar-refractivity contribution in [1.82, 2.24) is 4.75 Å². The van der Waals surface area contributed by atoms with Gasteiger partial charge in [0.25, 0.3) is 0 Å². The van der Waals surface area contributed by atoms with Crippen LogP contribution in [0.4, 0.5) is 0 Å². The van der Waals surface area contributed by atoms with Crippen molar-refractivity contribution >= 4 is 19.1 Å². The molecular weight excluding hydrogens is 523 g/mol. The molecular formula is C19H18Cl2HfNP. The van der Waals surface area contributed by atoms with Crippen LogP contribution in [0.5, 0.6) is 0 Å². The number of halogens is 2. The van der Waals surface area contributed by atoms with E-state index in [-0.39, 0.29) is 24.8 Å². The van der Waals surface area contributed by atoms with Crippen molar-refractivity contribution < 1.29 is 47.7 Å². The average Bonchev–Trinajstić information content (AvgIpc) is 3.23. The van der Waals surface area contributed by atoms with Gasteiger partial charge in [0.15, 0.2) is 0 Å². The third-order valence-corrected chi connectivity index (χ3v) is 13.9. The Hall–Kier alpha value is -0.400. The van der Waals surface area contributed by atoms with Crippen molar-refractivity contribution in [3.05, 3.63) is 74.0 Å². The van der Waals surface area contributed by atoms with Crippen molar-refractivity contribution in [1.29, 1.82) is 0 Å². The van der Waals surface area contributed by atoms with E-state index in [1.54, 1.807) is 19.8 Å². The molecule has 5 heteroatoms. The minimum absolute atomic E-state index is 0. The number of aromatic nitrogens is 1. The number of rotatable bonds is 3. The molecule has 24 heavy (non-hydrogen) atoms. The van der Waals surface area contributed by atoms with Crippen molar-refractivity contribution in [3.63, 3.8) is 0 Å². The molecule has 1 heterocycles. The quantitative estimate of drug-likeness (QED) is 0.493. The van der Waals surface area contributed by atoms with Gasteiger partial charge in [-0.25, -0.2) is 0 Å². The average molecular weight is 541 g/mol. The van der Waals surface area contributed by atoms with E-state index in [4.69, 9.17) is 4.75 Å². The Morgan fingerprint density at radius 3 is 2.58 bits per heavy atom. The Morgan fingerprint density at radius 2 is 1.92 bits per heavy atom. The molecule has 2 aromatic rings. The summed E-state index contributed by atoms with van der Waals surface area (Å²) in [6, 6.07) is 11.1. The molecule has 0 saturated heterocycles. The Labute approximate surface area is 168 Å². The van der Waals surface area contributed by atoms with Gasteiger partial charge in [0.05, 0.1) is 0 Å². The third-order valence-electron chi connectivity index (χ3n) is 4.65. The predicted octanol–water partition coefficient (Wildman–Crippen LogP) is -0.164. The molecule has 1 nitrogen and oxygen atoms in total. The predicted molar refractivity (Wildman–Crippen MR) is 91.4 cm³/mol. The summed E-state index contributed by atoms with van der Waals surface area (Å²) >= 11 is -0.929. The first-order chi connectivity index (χ1) is 10.7. The van der Waals surface area contributed by atoms with Gasteiger partial charge in [-0.1, -0.05) is 0 Å². The van der Waals surface area contributed by atoms with E-state index in [2.05, 4.69) is 62.1 Å². The summed E-state index contributed by atoms with van der Waals surface area (Å²) < 4.78 is 7.22. The smallest absolute Gasteiger partial charge is 1.00 e. The standard InChI is InChI=1S/C12H9NP.C7H9.2ClH.Hf/c1-2-5-11-9-12(8-10(11)4-1)14-7-3-6-13-14;1-6-4-3-5-7(6)2;;;/h1-9H;4H,3H2,1-2H3;2*1H;/q;;;;+2/p-2. The molecule has 0 saturated carbocycles. The number of allylic oxidation sites excluding steroid dienone is 5. The fourth-order valence-electron chi connectivity index (χ4n) is 3.22. The third kappa shape index (κ3) is 3.58. The summed E-state index contributed by atoms with van der Waals surface area (Å²) in [5.74, 6) is 2.31. The van der Waals surface area contributed by atoms with Gasteiger partial charge >= 0.3 is 145 Å². The zero-order valence-corrected chi connectivity index (χ0v) is 19.6. The second-order valence-corrected chi connectivity index (χ2v) is 12.9. The van der Waals surface area contributed by atoms with Crippen molar-refractivity contribution in [3.8, 4) is 0 Å². The normalized spacial score (nSPS) is 18.9. The van der Waals surface area contributed by atoms with Crippen LogP contribution in [-0.4, -0.2) is 4.75 Å². The van der Waals surface area contributed by atoms with Crippen LogP contribution in [0.3, 0.4) is 0 Å². The molecule has 0 amide bonds. The molecule has 0 aliphatic heterocycles. The molecule has 0 radical (unpaired) electrons. The second kappa shape index (κ2) is 8.32. The Bertz CT molecular complexity index is 822. The van der Waals surface area contributed by atoms with E-state index in [1.165, 1.54) is 17.6 Å². The SMILES string of the molecule is CC1=CC[C]([Hf+2][CH]2C(p3cccn3)=Cc3ccccc32)=C1C.[Cl-].[Cl-]. The van der Waals surface area contributed by atoms with E-state index in [0.29, 0.717) is 3.67 Å². The van der Waals surface area contributed by atoms with Crippen LogP contribution in [-0.2, 0) is 22.9 Å². The molecule has 1 aromatic carbocycles. The minimum Gasteiger partial charge on any atom is -1.00 e. The molecule has 0 fully saturated rings. The van der Waals surface area contributed by atoms with E-state index in [0.717, 1.165) is 0 Å². The largest absolute Gasteiger partial charge is 1.00 e. The molecule has 1 aromatic heterocycles. The van der Waals surface area contributed by atoms with Gasteiger partial charge in [-0.3, -0.25) is 0 Å². The number of hydrogen-bond donors (Lipinski definition) is 0. The number of hydrogen-bond acceptors (Lipinski definition) is 1. The maximum atomic E-state index is 4.72. The number of nitrogens with zero attached hydrogens (tertiary/aromatic N) is 1. The van der Waals surface area contributed by atoms with Crippen molar-refractivity contribution in [2.24, 2.45) is 0 Å². The van der Waals surface area contributed by atoms with Crippen LogP contribution in [0, 0.1) is 0 Å². The zero-order chi connectivity index (χ0) is 15.1. The van der Waals surface area contributed by atoms with Crippen LogP contribution >= 0.6 is 7.69 Å². The monoisotopic (exact) mass is 541 g/mol. The number of benzene rings is 1. The van der Waals surface area contributed by atoms with Crippen molar-refractivity contribution in [2.45, 2.75) is 23.9 Å². The van der Waals surface area contributed by atoms with Gasteiger partial charge in [0.2, 0.25) is 0 Å². The first-order valence-electron chi connectivity index (χ1n) is 7.68. The molecule has 122 valence electrons. The first kappa shape index (κ1) is 19.9. The summed E-state index contributed by atoms with van der Waals surface area (Å²) in [5, 5.41) is 1.61. The second-order valence-electron chi connectivity index (χ2n) is 5.92. The molecule has 0 spiro atoms. The van der Waals surface area contributed by atoms with Gasteiger partial charge < -0.3 is 24.8 Å². The van der Waals surface area contributed by atoms with Gasteiger partial charge in [-0.2, -0.15) is 0 Å². The summed E-state index contributed by atoms with van der Waals surface area (Å²) in [6.07, 6.45) is 8.05. The molecule has 2 aliphatic rings. The molecule has 4 rings (SSSR count). The van der Waals surface area contributed by atoms with Gasteiger partial charge in [0.1, 0.15) is 0 Å². The Kier molecular flexibility index (Phi) is 6.91.